The minimum atomic E-state index is -0.332. The highest BCUT2D eigenvalue weighted by molar-refractivity contribution is 5.78. The Morgan fingerprint density at radius 3 is 2.50 bits per heavy atom. The number of carbonyl (C=O) groups excluding carboxylic acids is 1. The molecule has 0 saturated carbocycles. The zero-order valence-electron chi connectivity index (χ0n) is 12.6. The number of rotatable bonds is 9. The number of nitrogens with one attached hydrogen (secondary N) is 1. The summed E-state index contributed by atoms with van der Waals surface area (Å²) in [5, 5.41) is 12.4. The van der Waals surface area contributed by atoms with Gasteiger partial charge in [0.05, 0.1) is 6.10 Å². The third-order valence-electron chi connectivity index (χ3n) is 3.52. The van der Waals surface area contributed by atoms with Crippen LogP contribution in [0.25, 0.3) is 0 Å². The molecule has 3 heteroatoms. The predicted octanol–water partition coefficient (Wildman–Crippen LogP) is 3.27. The molecule has 0 aliphatic rings. The van der Waals surface area contributed by atoms with Gasteiger partial charge in [0.1, 0.15) is 0 Å². The Hall–Kier alpha value is -1.35. The molecular formula is C17H27NO2. The van der Waals surface area contributed by atoms with Crippen LogP contribution in [0.1, 0.15) is 51.5 Å². The van der Waals surface area contributed by atoms with Gasteiger partial charge < -0.3 is 10.4 Å². The highest BCUT2D eigenvalue weighted by Crippen LogP contribution is 2.17. The first kappa shape index (κ1) is 16.7. The Bertz CT molecular complexity index is 376. The highest BCUT2D eigenvalue weighted by Gasteiger charge is 2.18. The van der Waals surface area contributed by atoms with Crippen molar-refractivity contribution in [2.24, 2.45) is 5.92 Å². The van der Waals surface area contributed by atoms with Gasteiger partial charge in [-0.2, -0.15) is 0 Å². The first-order valence-corrected chi connectivity index (χ1v) is 7.63. The van der Waals surface area contributed by atoms with Crippen LogP contribution < -0.4 is 5.32 Å². The number of aliphatic hydroxyl groups excluding tert-OH is 1. The van der Waals surface area contributed by atoms with Crippen molar-refractivity contribution in [3.05, 3.63) is 35.9 Å². The molecule has 0 bridgehead atoms. The van der Waals surface area contributed by atoms with Crippen LogP contribution in [-0.4, -0.2) is 17.1 Å². The second-order valence-electron chi connectivity index (χ2n) is 5.47. The molecule has 112 valence electrons. The number of unbranched alkanes of at least 4 members (excludes halogenated alkanes) is 1. The lowest BCUT2D eigenvalue weighted by atomic mass is 9.94. The molecule has 0 aliphatic carbocycles. The molecule has 0 saturated heterocycles. The maximum atomic E-state index is 12.2. The number of hydrogen-bond donors (Lipinski definition) is 2. The second-order valence-corrected chi connectivity index (χ2v) is 5.47. The summed E-state index contributed by atoms with van der Waals surface area (Å²) in [6, 6.07) is 9.94. The lowest BCUT2D eigenvalue weighted by Gasteiger charge is -2.17. The van der Waals surface area contributed by atoms with Crippen LogP contribution in [0.3, 0.4) is 0 Å². The molecule has 1 aromatic carbocycles. The molecule has 1 aromatic rings. The molecule has 0 aromatic heterocycles. The van der Waals surface area contributed by atoms with Crippen LogP contribution in [0.5, 0.6) is 0 Å². The zero-order chi connectivity index (χ0) is 14.8. The molecule has 0 unspecified atom stereocenters. The van der Waals surface area contributed by atoms with Crippen molar-refractivity contribution in [1.29, 1.82) is 0 Å². The van der Waals surface area contributed by atoms with E-state index >= 15 is 0 Å². The van der Waals surface area contributed by atoms with E-state index in [2.05, 4.69) is 12.2 Å². The molecule has 0 fully saturated rings. The van der Waals surface area contributed by atoms with Crippen LogP contribution >= 0.6 is 0 Å². The van der Waals surface area contributed by atoms with E-state index in [1.165, 1.54) is 0 Å². The van der Waals surface area contributed by atoms with Crippen molar-refractivity contribution in [2.45, 2.75) is 58.6 Å². The highest BCUT2D eigenvalue weighted by atomic mass is 16.3. The Morgan fingerprint density at radius 2 is 1.90 bits per heavy atom. The average molecular weight is 277 g/mol. The van der Waals surface area contributed by atoms with Crippen molar-refractivity contribution < 1.29 is 9.90 Å². The van der Waals surface area contributed by atoms with E-state index in [1.807, 2.05) is 30.3 Å². The fraction of sp³-hybridized carbons (Fsp3) is 0.588. The van der Waals surface area contributed by atoms with Gasteiger partial charge in [-0.25, -0.2) is 0 Å². The summed E-state index contributed by atoms with van der Waals surface area (Å²) in [5.74, 6) is 0.135. The summed E-state index contributed by atoms with van der Waals surface area (Å²) in [7, 11) is 0. The van der Waals surface area contributed by atoms with Crippen molar-refractivity contribution in [1.82, 2.24) is 5.32 Å². The molecule has 20 heavy (non-hydrogen) atoms. The van der Waals surface area contributed by atoms with E-state index in [-0.39, 0.29) is 17.9 Å². The van der Waals surface area contributed by atoms with Gasteiger partial charge >= 0.3 is 0 Å². The molecule has 1 amide bonds. The molecule has 2 atom stereocenters. The minimum absolute atomic E-state index is 0.0215. The fourth-order valence-corrected chi connectivity index (χ4v) is 2.23. The summed E-state index contributed by atoms with van der Waals surface area (Å²) in [6.07, 6.45) is 4.18. The summed E-state index contributed by atoms with van der Waals surface area (Å²) in [4.78, 5) is 12.2. The standard InChI is InChI=1S/C17H27NO2/c1-3-4-10-16(12-11-14(2)19)17(20)18-13-15-8-6-5-7-9-15/h5-9,14,16,19H,3-4,10-13H2,1-2H3,(H,18,20)/t14-,16+/m0/s1. The summed E-state index contributed by atoms with van der Waals surface area (Å²) >= 11 is 0. The van der Waals surface area contributed by atoms with Crippen LogP contribution in [0.2, 0.25) is 0 Å². The summed E-state index contributed by atoms with van der Waals surface area (Å²) < 4.78 is 0. The molecule has 2 N–H and O–H groups in total. The first-order valence-electron chi connectivity index (χ1n) is 7.63. The number of benzene rings is 1. The minimum Gasteiger partial charge on any atom is -0.393 e. The van der Waals surface area contributed by atoms with E-state index in [4.69, 9.17) is 0 Å². The number of carbonyl (C=O) groups is 1. The Morgan fingerprint density at radius 1 is 1.20 bits per heavy atom. The van der Waals surface area contributed by atoms with Gasteiger partial charge in [-0.1, -0.05) is 50.1 Å². The maximum absolute atomic E-state index is 12.2. The summed E-state index contributed by atoms with van der Waals surface area (Å²) in [5.41, 5.74) is 1.12. The van der Waals surface area contributed by atoms with Crippen LogP contribution in [0.15, 0.2) is 30.3 Å². The van der Waals surface area contributed by atoms with Gasteiger partial charge in [0, 0.05) is 12.5 Å². The monoisotopic (exact) mass is 277 g/mol. The Kier molecular flexibility index (Phi) is 7.97. The van der Waals surface area contributed by atoms with Crippen LogP contribution in [-0.2, 0) is 11.3 Å². The van der Waals surface area contributed by atoms with Crippen molar-refractivity contribution in [3.63, 3.8) is 0 Å². The van der Waals surface area contributed by atoms with E-state index in [0.29, 0.717) is 13.0 Å². The third-order valence-corrected chi connectivity index (χ3v) is 3.52. The normalized spacial score (nSPS) is 13.8. The van der Waals surface area contributed by atoms with Gasteiger partial charge in [-0.15, -0.1) is 0 Å². The maximum Gasteiger partial charge on any atom is 0.223 e. The van der Waals surface area contributed by atoms with Gasteiger partial charge in [0.2, 0.25) is 5.91 Å². The smallest absolute Gasteiger partial charge is 0.223 e. The van der Waals surface area contributed by atoms with Crippen LogP contribution in [0.4, 0.5) is 0 Å². The average Bonchev–Trinajstić information content (AvgIpc) is 2.45. The summed E-state index contributed by atoms with van der Waals surface area (Å²) in [6.45, 7) is 4.49. The van der Waals surface area contributed by atoms with E-state index in [9.17, 15) is 9.90 Å². The number of hydrogen-bond acceptors (Lipinski definition) is 2. The topological polar surface area (TPSA) is 49.3 Å². The lowest BCUT2D eigenvalue weighted by Crippen LogP contribution is -2.30. The Labute approximate surface area is 122 Å². The molecule has 0 heterocycles. The first-order chi connectivity index (χ1) is 9.63. The Balaban J connectivity index is 2.44. The molecular weight excluding hydrogens is 250 g/mol. The van der Waals surface area contributed by atoms with Gasteiger partial charge in [-0.3, -0.25) is 4.79 Å². The van der Waals surface area contributed by atoms with Crippen molar-refractivity contribution in [2.75, 3.05) is 0 Å². The van der Waals surface area contributed by atoms with Gasteiger partial charge in [0.15, 0.2) is 0 Å². The van der Waals surface area contributed by atoms with E-state index in [1.54, 1.807) is 6.92 Å². The SMILES string of the molecule is CCCC[C@H](CC[C@H](C)O)C(=O)NCc1ccccc1. The van der Waals surface area contributed by atoms with Crippen molar-refractivity contribution >= 4 is 5.91 Å². The molecule has 0 aliphatic heterocycles. The largest absolute Gasteiger partial charge is 0.393 e. The third kappa shape index (κ3) is 6.71. The quantitative estimate of drug-likeness (QED) is 0.728. The molecule has 0 spiro atoms. The van der Waals surface area contributed by atoms with E-state index in [0.717, 1.165) is 31.2 Å². The molecule has 0 radical (unpaired) electrons. The number of amides is 1. The lowest BCUT2D eigenvalue weighted by molar-refractivity contribution is -0.125. The zero-order valence-corrected chi connectivity index (χ0v) is 12.6. The molecule has 3 nitrogen and oxygen atoms in total. The van der Waals surface area contributed by atoms with Gasteiger partial charge in [0.25, 0.3) is 0 Å². The molecule has 1 rings (SSSR count). The predicted molar refractivity (Wildman–Crippen MR) is 82.2 cm³/mol. The number of aliphatic hydroxyl groups is 1. The van der Waals surface area contributed by atoms with Gasteiger partial charge in [-0.05, 0) is 31.7 Å². The second kappa shape index (κ2) is 9.54. The van der Waals surface area contributed by atoms with Crippen LogP contribution in [0, 0.1) is 5.92 Å². The van der Waals surface area contributed by atoms with E-state index < -0.39 is 0 Å². The fourth-order valence-electron chi connectivity index (χ4n) is 2.23. The van der Waals surface area contributed by atoms with Crippen molar-refractivity contribution in [3.8, 4) is 0 Å².